The maximum absolute atomic E-state index is 6.29. The monoisotopic (exact) mass is 777 g/mol. The van der Waals surface area contributed by atoms with Crippen molar-refractivity contribution in [1.82, 2.24) is 15.0 Å². The Balaban J connectivity index is 0.962. The quantitative estimate of drug-likeness (QED) is 0.125. The van der Waals surface area contributed by atoms with Gasteiger partial charge in [0.05, 0.1) is 0 Å². The minimum Gasteiger partial charge on any atom is -0.456 e. The number of fused-ring (bicyclic) bond motifs is 7. The molecular weight excluding hydrogens is 743 g/mol. The first-order valence-corrected chi connectivity index (χ1v) is 20.6. The number of rotatable bonds is 6. The van der Waals surface area contributed by atoms with Gasteiger partial charge in [0, 0.05) is 27.5 Å². The third-order valence-electron chi connectivity index (χ3n) is 12.0. The predicted octanol–water partition coefficient (Wildman–Crippen LogP) is 15.2. The molecule has 2 heterocycles. The van der Waals surface area contributed by atoms with Crippen LogP contribution in [0.2, 0.25) is 0 Å². The molecule has 10 aromatic carbocycles. The fourth-order valence-electron chi connectivity index (χ4n) is 9.03. The van der Waals surface area contributed by atoms with Crippen molar-refractivity contribution in [2.24, 2.45) is 0 Å². The SMILES string of the molecule is c1ccc(-c2ccccc2-c2nc(-c3ccc(-c4ccc(-c5c6ccccc6cc6c5ccc5ccccc56)cc4)cc3)nc(-c3cccc4oc5ccccc5c34)n2)cc1. The van der Waals surface area contributed by atoms with E-state index in [-0.39, 0.29) is 0 Å². The zero-order valence-corrected chi connectivity index (χ0v) is 33.0. The van der Waals surface area contributed by atoms with Gasteiger partial charge in [-0.25, -0.2) is 15.0 Å². The molecule has 12 rings (SSSR count). The van der Waals surface area contributed by atoms with E-state index in [2.05, 4.69) is 170 Å². The van der Waals surface area contributed by atoms with Crippen LogP contribution in [0.3, 0.4) is 0 Å². The lowest BCUT2D eigenvalue weighted by atomic mass is 9.89. The summed E-state index contributed by atoms with van der Waals surface area (Å²) in [4.78, 5) is 15.6. The number of hydrogen-bond acceptors (Lipinski definition) is 4. The molecular formula is C57H35N3O. The lowest BCUT2D eigenvalue weighted by Gasteiger charge is -2.14. The molecule has 0 aliphatic rings. The summed E-state index contributed by atoms with van der Waals surface area (Å²) >= 11 is 0. The van der Waals surface area contributed by atoms with E-state index in [1.54, 1.807) is 0 Å². The minimum atomic E-state index is 0.591. The second kappa shape index (κ2) is 14.3. The van der Waals surface area contributed by atoms with Gasteiger partial charge >= 0.3 is 0 Å². The van der Waals surface area contributed by atoms with E-state index in [0.29, 0.717) is 17.5 Å². The molecule has 284 valence electrons. The number of nitrogens with zero attached hydrogens (tertiary/aromatic N) is 3. The van der Waals surface area contributed by atoms with Crippen molar-refractivity contribution in [3.8, 4) is 67.5 Å². The van der Waals surface area contributed by atoms with Gasteiger partial charge in [0.1, 0.15) is 11.2 Å². The fourth-order valence-corrected chi connectivity index (χ4v) is 9.03. The molecule has 0 N–H and O–H groups in total. The first-order valence-electron chi connectivity index (χ1n) is 20.6. The molecule has 0 amide bonds. The van der Waals surface area contributed by atoms with Crippen molar-refractivity contribution in [1.29, 1.82) is 0 Å². The van der Waals surface area contributed by atoms with Crippen LogP contribution in [0, 0.1) is 0 Å². The lowest BCUT2D eigenvalue weighted by Crippen LogP contribution is -2.01. The smallest absolute Gasteiger partial charge is 0.164 e. The van der Waals surface area contributed by atoms with Gasteiger partial charge in [0.2, 0.25) is 0 Å². The largest absolute Gasteiger partial charge is 0.456 e. The summed E-state index contributed by atoms with van der Waals surface area (Å²) in [6, 6.07) is 74.7. The van der Waals surface area contributed by atoms with E-state index < -0.39 is 0 Å². The predicted molar refractivity (Wildman–Crippen MR) is 252 cm³/mol. The molecule has 0 fully saturated rings. The highest BCUT2D eigenvalue weighted by molar-refractivity contribution is 6.20. The van der Waals surface area contributed by atoms with Gasteiger partial charge in [0.25, 0.3) is 0 Å². The van der Waals surface area contributed by atoms with Crippen molar-refractivity contribution in [3.63, 3.8) is 0 Å². The van der Waals surface area contributed by atoms with Crippen molar-refractivity contribution in [2.75, 3.05) is 0 Å². The summed E-state index contributed by atoms with van der Waals surface area (Å²) in [5.41, 5.74) is 11.2. The molecule has 0 saturated heterocycles. The molecule has 4 nitrogen and oxygen atoms in total. The number of para-hydroxylation sites is 1. The summed E-state index contributed by atoms with van der Waals surface area (Å²) in [6.07, 6.45) is 0. The van der Waals surface area contributed by atoms with Crippen LogP contribution in [-0.2, 0) is 0 Å². The van der Waals surface area contributed by atoms with Gasteiger partial charge in [-0.2, -0.15) is 0 Å². The minimum absolute atomic E-state index is 0.591. The molecule has 0 aliphatic carbocycles. The fraction of sp³-hybridized carbons (Fsp3) is 0. The molecule has 0 saturated carbocycles. The number of aromatic nitrogens is 3. The Labute approximate surface area is 352 Å². The van der Waals surface area contributed by atoms with Crippen LogP contribution in [0.4, 0.5) is 0 Å². The molecule has 61 heavy (non-hydrogen) atoms. The first kappa shape index (κ1) is 34.8. The Morgan fingerprint density at radius 3 is 1.62 bits per heavy atom. The maximum atomic E-state index is 6.29. The summed E-state index contributed by atoms with van der Waals surface area (Å²) in [5, 5.41) is 9.56. The third-order valence-corrected chi connectivity index (χ3v) is 12.0. The van der Waals surface area contributed by atoms with Crippen molar-refractivity contribution in [2.45, 2.75) is 0 Å². The van der Waals surface area contributed by atoms with Crippen LogP contribution in [0.5, 0.6) is 0 Å². The Morgan fingerprint density at radius 2 is 0.836 bits per heavy atom. The summed E-state index contributed by atoms with van der Waals surface area (Å²) < 4.78 is 6.29. The Bertz CT molecular complexity index is 3630. The van der Waals surface area contributed by atoms with Crippen LogP contribution in [0.25, 0.3) is 122 Å². The van der Waals surface area contributed by atoms with E-state index in [4.69, 9.17) is 19.4 Å². The second-order valence-corrected chi connectivity index (χ2v) is 15.5. The van der Waals surface area contributed by atoms with Crippen molar-refractivity contribution < 1.29 is 4.42 Å². The van der Waals surface area contributed by atoms with Crippen molar-refractivity contribution >= 4 is 54.3 Å². The van der Waals surface area contributed by atoms with E-state index in [1.807, 2.05) is 42.5 Å². The summed E-state index contributed by atoms with van der Waals surface area (Å²) in [6.45, 7) is 0. The average Bonchev–Trinajstić information content (AvgIpc) is 3.73. The Morgan fingerprint density at radius 1 is 0.279 bits per heavy atom. The highest BCUT2D eigenvalue weighted by Gasteiger charge is 2.20. The third kappa shape index (κ3) is 5.96. The first-order chi connectivity index (χ1) is 30.2. The molecule has 0 bridgehead atoms. The Hall–Kier alpha value is -8.21. The van der Waals surface area contributed by atoms with Crippen LogP contribution in [-0.4, -0.2) is 15.0 Å². The van der Waals surface area contributed by atoms with E-state index in [9.17, 15) is 0 Å². The number of furan rings is 1. The highest BCUT2D eigenvalue weighted by Crippen LogP contribution is 2.41. The van der Waals surface area contributed by atoms with Crippen LogP contribution in [0.1, 0.15) is 0 Å². The number of benzene rings is 10. The molecule has 4 heteroatoms. The topological polar surface area (TPSA) is 51.8 Å². The normalized spacial score (nSPS) is 11.6. The molecule has 0 atom stereocenters. The van der Waals surface area contributed by atoms with Crippen LogP contribution >= 0.6 is 0 Å². The summed E-state index contributed by atoms with van der Waals surface area (Å²) in [5.74, 6) is 1.80. The average molecular weight is 778 g/mol. The van der Waals surface area contributed by atoms with E-state index in [1.165, 1.54) is 43.4 Å². The zero-order valence-electron chi connectivity index (χ0n) is 33.0. The van der Waals surface area contributed by atoms with Gasteiger partial charge in [0.15, 0.2) is 17.5 Å². The molecule has 12 aromatic rings. The van der Waals surface area contributed by atoms with Gasteiger partial charge in [-0.3, -0.25) is 0 Å². The lowest BCUT2D eigenvalue weighted by molar-refractivity contribution is 0.669. The second-order valence-electron chi connectivity index (χ2n) is 15.5. The van der Waals surface area contributed by atoms with Crippen LogP contribution < -0.4 is 0 Å². The standard InChI is InChI=1S/C57H35N3O/c1-2-13-38(14-3-1)43-17-8-9-20-47(43)56-58-55(59-57(60-56)49-22-12-24-52-54(49)48-21-10-11-23-51(48)61-52)41-31-27-37(28-32-41)36-25-29-40(30-26-36)53-45-19-7-5-16-42(45)35-50-44-18-6-4-15-39(44)33-34-46(50)53/h1-35H. The number of hydrogen-bond donors (Lipinski definition) is 0. The summed E-state index contributed by atoms with van der Waals surface area (Å²) in [7, 11) is 0. The molecule has 0 unspecified atom stereocenters. The van der Waals surface area contributed by atoms with E-state index in [0.717, 1.165) is 60.9 Å². The van der Waals surface area contributed by atoms with Crippen LogP contribution in [0.15, 0.2) is 217 Å². The molecule has 2 aromatic heterocycles. The van der Waals surface area contributed by atoms with Gasteiger partial charge < -0.3 is 4.42 Å². The van der Waals surface area contributed by atoms with Gasteiger partial charge in [-0.15, -0.1) is 0 Å². The highest BCUT2D eigenvalue weighted by atomic mass is 16.3. The van der Waals surface area contributed by atoms with Gasteiger partial charge in [-0.1, -0.05) is 194 Å². The zero-order chi connectivity index (χ0) is 40.3. The van der Waals surface area contributed by atoms with E-state index >= 15 is 0 Å². The Kier molecular flexibility index (Phi) is 8.13. The van der Waals surface area contributed by atoms with Gasteiger partial charge in [-0.05, 0) is 83.9 Å². The molecule has 0 radical (unpaired) electrons. The molecule has 0 aliphatic heterocycles. The van der Waals surface area contributed by atoms with Crippen molar-refractivity contribution in [3.05, 3.63) is 212 Å². The molecule has 0 spiro atoms. The maximum Gasteiger partial charge on any atom is 0.164 e.